The molecule has 0 aromatic carbocycles. The molecule has 1 saturated heterocycles. The number of nitrogens with one attached hydrogen (secondary N) is 2. The van der Waals surface area contributed by atoms with E-state index in [9.17, 15) is 0 Å². The number of hydrogen-bond acceptors (Lipinski definition) is 7. The van der Waals surface area contributed by atoms with Crippen LogP contribution < -0.4 is 15.5 Å². The highest BCUT2D eigenvalue weighted by atomic mass is 16.2. The Balaban J connectivity index is 2.04. The van der Waals surface area contributed by atoms with Crippen LogP contribution in [0.3, 0.4) is 0 Å². The third kappa shape index (κ3) is 5.00. The van der Waals surface area contributed by atoms with Crippen molar-refractivity contribution >= 4 is 17.8 Å². The van der Waals surface area contributed by atoms with Crippen molar-refractivity contribution in [3.05, 3.63) is 0 Å². The van der Waals surface area contributed by atoms with Crippen LogP contribution in [0, 0.1) is 0 Å². The Morgan fingerprint density at radius 3 is 2.29 bits per heavy atom. The summed E-state index contributed by atoms with van der Waals surface area (Å²) in [6.07, 6.45) is 5.12. The number of rotatable bonds is 9. The third-order valence-electron chi connectivity index (χ3n) is 3.41. The quantitative estimate of drug-likeness (QED) is 0.595. The average molecular weight is 294 g/mol. The second kappa shape index (κ2) is 8.61. The smallest absolute Gasteiger partial charge is 0.231 e. The van der Waals surface area contributed by atoms with Gasteiger partial charge in [-0.05, 0) is 32.1 Å². The van der Waals surface area contributed by atoms with Crippen LogP contribution in [0.25, 0.3) is 0 Å². The lowest BCUT2D eigenvalue weighted by Gasteiger charge is -2.17. The molecule has 3 N–H and O–H groups in total. The molecule has 1 aromatic rings. The molecule has 0 radical (unpaired) electrons. The van der Waals surface area contributed by atoms with Crippen LogP contribution in [-0.4, -0.2) is 52.8 Å². The van der Waals surface area contributed by atoms with Crippen LogP contribution in [0.4, 0.5) is 17.8 Å². The Bertz CT molecular complexity index is 422. The van der Waals surface area contributed by atoms with Crippen molar-refractivity contribution in [1.82, 2.24) is 15.0 Å². The summed E-state index contributed by atoms with van der Waals surface area (Å²) in [4.78, 5) is 15.6. The SMILES string of the molecule is CCCNc1nc(NCCCCO)nc(N2CCCC2)n1. The van der Waals surface area contributed by atoms with Crippen molar-refractivity contribution in [3.63, 3.8) is 0 Å². The first-order valence-electron chi connectivity index (χ1n) is 7.93. The van der Waals surface area contributed by atoms with Gasteiger partial charge >= 0.3 is 0 Å². The molecule has 0 spiro atoms. The standard InChI is InChI=1S/C14H26N6O/c1-2-7-15-12-17-13(16-8-3-6-11-21)19-14(18-12)20-9-4-5-10-20/h21H,2-11H2,1H3,(H2,15,16,17,18,19). The van der Waals surface area contributed by atoms with Gasteiger partial charge in [0.1, 0.15) is 0 Å². The first-order chi connectivity index (χ1) is 10.3. The van der Waals surface area contributed by atoms with E-state index in [2.05, 4.69) is 37.4 Å². The van der Waals surface area contributed by atoms with Gasteiger partial charge in [0.25, 0.3) is 0 Å². The van der Waals surface area contributed by atoms with Crippen molar-refractivity contribution in [1.29, 1.82) is 0 Å². The number of aliphatic hydroxyl groups is 1. The minimum absolute atomic E-state index is 0.223. The zero-order chi connectivity index (χ0) is 14.9. The van der Waals surface area contributed by atoms with E-state index in [0.717, 1.165) is 51.4 Å². The van der Waals surface area contributed by atoms with Crippen molar-refractivity contribution in [2.24, 2.45) is 0 Å². The number of anilines is 3. The Kier molecular flexibility index (Phi) is 6.46. The predicted molar refractivity (Wildman–Crippen MR) is 84.9 cm³/mol. The lowest BCUT2D eigenvalue weighted by molar-refractivity contribution is 0.286. The van der Waals surface area contributed by atoms with Crippen LogP contribution in [0.15, 0.2) is 0 Å². The Hall–Kier alpha value is -1.63. The first kappa shape index (κ1) is 15.8. The highest BCUT2D eigenvalue weighted by Gasteiger charge is 2.17. The molecule has 7 nitrogen and oxygen atoms in total. The molecule has 7 heteroatoms. The minimum Gasteiger partial charge on any atom is -0.396 e. The summed E-state index contributed by atoms with van der Waals surface area (Å²) >= 11 is 0. The van der Waals surface area contributed by atoms with Gasteiger partial charge in [-0.2, -0.15) is 15.0 Å². The number of nitrogens with zero attached hydrogens (tertiary/aromatic N) is 4. The first-order valence-corrected chi connectivity index (χ1v) is 7.93. The largest absolute Gasteiger partial charge is 0.396 e. The van der Waals surface area contributed by atoms with E-state index in [1.165, 1.54) is 12.8 Å². The highest BCUT2D eigenvalue weighted by Crippen LogP contribution is 2.18. The molecule has 0 amide bonds. The summed E-state index contributed by atoms with van der Waals surface area (Å²) in [6.45, 7) is 5.98. The Morgan fingerprint density at radius 2 is 1.67 bits per heavy atom. The van der Waals surface area contributed by atoms with Crippen molar-refractivity contribution in [3.8, 4) is 0 Å². The maximum absolute atomic E-state index is 8.81. The van der Waals surface area contributed by atoms with Gasteiger partial charge in [0, 0.05) is 32.8 Å². The summed E-state index contributed by atoms with van der Waals surface area (Å²) in [5.41, 5.74) is 0. The predicted octanol–water partition coefficient (Wildman–Crippen LogP) is 1.48. The third-order valence-corrected chi connectivity index (χ3v) is 3.41. The number of aliphatic hydroxyl groups excluding tert-OH is 1. The summed E-state index contributed by atoms with van der Waals surface area (Å²) in [6, 6.07) is 0. The molecule has 0 unspecified atom stereocenters. The van der Waals surface area contributed by atoms with Gasteiger partial charge < -0.3 is 20.6 Å². The van der Waals surface area contributed by atoms with Gasteiger partial charge in [0.2, 0.25) is 17.8 Å². The average Bonchev–Trinajstić information content (AvgIpc) is 3.04. The second-order valence-electron chi connectivity index (χ2n) is 5.26. The zero-order valence-corrected chi connectivity index (χ0v) is 12.8. The van der Waals surface area contributed by atoms with Crippen LogP contribution in [0.2, 0.25) is 0 Å². The maximum atomic E-state index is 8.81. The molecule has 0 atom stereocenters. The van der Waals surface area contributed by atoms with E-state index in [1.54, 1.807) is 0 Å². The highest BCUT2D eigenvalue weighted by molar-refractivity contribution is 5.44. The van der Waals surface area contributed by atoms with Crippen LogP contribution in [-0.2, 0) is 0 Å². The van der Waals surface area contributed by atoms with E-state index in [1.807, 2.05) is 0 Å². The van der Waals surface area contributed by atoms with Gasteiger partial charge in [-0.15, -0.1) is 0 Å². The Labute approximate surface area is 126 Å². The lowest BCUT2D eigenvalue weighted by atomic mass is 10.3. The topological polar surface area (TPSA) is 86.2 Å². The van der Waals surface area contributed by atoms with Gasteiger partial charge in [-0.3, -0.25) is 0 Å². The molecule has 0 bridgehead atoms. The van der Waals surface area contributed by atoms with E-state index in [4.69, 9.17) is 5.11 Å². The van der Waals surface area contributed by atoms with Gasteiger partial charge in [0.05, 0.1) is 0 Å². The molecule has 21 heavy (non-hydrogen) atoms. The molecule has 0 aliphatic carbocycles. The minimum atomic E-state index is 0.223. The zero-order valence-electron chi connectivity index (χ0n) is 12.8. The molecule has 2 rings (SSSR count). The molecule has 1 fully saturated rings. The summed E-state index contributed by atoms with van der Waals surface area (Å²) < 4.78 is 0. The molecular weight excluding hydrogens is 268 g/mol. The van der Waals surface area contributed by atoms with E-state index >= 15 is 0 Å². The molecule has 1 aliphatic heterocycles. The van der Waals surface area contributed by atoms with Crippen LogP contribution >= 0.6 is 0 Å². The fraction of sp³-hybridized carbons (Fsp3) is 0.786. The molecule has 0 saturated carbocycles. The molecular formula is C14H26N6O. The van der Waals surface area contributed by atoms with E-state index in [0.29, 0.717) is 11.9 Å². The van der Waals surface area contributed by atoms with E-state index in [-0.39, 0.29) is 6.61 Å². The Morgan fingerprint density at radius 1 is 1.00 bits per heavy atom. The van der Waals surface area contributed by atoms with Crippen molar-refractivity contribution in [2.75, 3.05) is 48.3 Å². The molecule has 118 valence electrons. The fourth-order valence-electron chi connectivity index (χ4n) is 2.26. The molecule has 1 aliphatic rings. The lowest BCUT2D eigenvalue weighted by Crippen LogP contribution is -2.22. The molecule has 2 heterocycles. The maximum Gasteiger partial charge on any atom is 0.231 e. The summed E-state index contributed by atoms with van der Waals surface area (Å²) in [5, 5.41) is 15.3. The second-order valence-corrected chi connectivity index (χ2v) is 5.26. The monoisotopic (exact) mass is 294 g/mol. The number of aromatic nitrogens is 3. The fourth-order valence-corrected chi connectivity index (χ4v) is 2.26. The van der Waals surface area contributed by atoms with Gasteiger partial charge in [0.15, 0.2) is 0 Å². The summed E-state index contributed by atoms with van der Waals surface area (Å²) in [5.74, 6) is 2.01. The normalized spacial score (nSPS) is 14.5. The van der Waals surface area contributed by atoms with Gasteiger partial charge in [-0.25, -0.2) is 0 Å². The van der Waals surface area contributed by atoms with Gasteiger partial charge in [-0.1, -0.05) is 6.92 Å². The molecule has 1 aromatic heterocycles. The number of hydrogen-bond donors (Lipinski definition) is 3. The summed E-state index contributed by atoms with van der Waals surface area (Å²) in [7, 11) is 0. The van der Waals surface area contributed by atoms with Crippen LogP contribution in [0.5, 0.6) is 0 Å². The van der Waals surface area contributed by atoms with Crippen molar-refractivity contribution in [2.45, 2.75) is 39.0 Å². The van der Waals surface area contributed by atoms with Crippen LogP contribution in [0.1, 0.15) is 39.0 Å². The van der Waals surface area contributed by atoms with E-state index < -0.39 is 0 Å². The van der Waals surface area contributed by atoms with Crippen molar-refractivity contribution < 1.29 is 5.11 Å². The number of unbranched alkanes of at least 4 members (excludes halogenated alkanes) is 1.